The monoisotopic (exact) mass is 302 g/mol. The first-order valence-corrected chi connectivity index (χ1v) is 6.75. The normalized spacial score (nSPS) is 11.3. The summed E-state index contributed by atoms with van der Waals surface area (Å²) in [6.07, 6.45) is 0. The van der Waals surface area contributed by atoms with Crippen LogP contribution in [0.4, 0.5) is 5.69 Å². The number of amides is 1. The number of nitrogens with one attached hydrogen (secondary N) is 1. The summed E-state index contributed by atoms with van der Waals surface area (Å²) >= 11 is 5.93. The molecule has 2 aromatic carbocycles. The van der Waals surface area contributed by atoms with Crippen LogP contribution in [-0.2, 0) is 0 Å². The van der Waals surface area contributed by atoms with Crippen molar-refractivity contribution in [3.8, 4) is 0 Å². The number of benzene rings is 2. The second-order valence-corrected chi connectivity index (χ2v) is 5.12. The Morgan fingerprint density at radius 3 is 2.71 bits per heavy atom. The third kappa shape index (κ3) is 3.61. The van der Waals surface area contributed by atoms with Crippen molar-refractivity contribution in [2.24, 2.45) is 5.16 Å². The summed E-state index contributed by atoms with van der Waals surface area (Å²) in [6.45, 7) is 3.53. The van der Waals surface area contributed by atoms with Crippen molar-refractivity contribution in [2.75, 3.05) is 5.32 Å². The topological polar surface area (TPSA) is 61.7 Å². The summed E-state index contributed by atoms with van der Waals surface area (Å²) in [6, 6.07) is 12.3. The zero-order valence-corrected chi connectivity index (χ0v) is 12.5. The number of rotatable bonds is 3. The van der Waals surface area contributed by atoms with Crippen LogP contribution < -0.4 is 5.32 Å². The second kappa shape index (κ2) is 6.41. The van der Waals surface area contributed by atoms with E-state index >= 15 is 0 Å². The maximum Gasteiger partial charge on any atom is 0.255 e. The predicted molar refractivity (Wildman–Crippen MR) is 84.6 cm³/mol. The summed E-state index contributed by atoms with van der Waals surface area (Å²) in [5.74, 6) is -0.231. The SMILES string of the molecule is C/C(=N/O)c1cccc(NC(=O)c2cc(Cl)ccc2C)c1. The van der Waals surface area contributed by atoms with Crippen molar-refractivity contribution in [2.45, 2.75) is 13.8 Å². The molecule has 0 saturated heterocycles. The highest BCUT2D eigenvalue weighted by molar-refractivity contribution is 6.31. The van der Waals surface area contributed by atoms with Crippen molar-refractivity contribution in [1.82, 2.24) is 0 Å². The molecular formula is C16H15ClN2O2. The number of hydrogen-bond donors (Lipinski definition) is 2. The fourth-order valence-corrected chi connectivity index (χ4v) is 2.09. The number of anilines is 1. The summed E-state index contributed by atoms with van der Waals surface area (Å²) in [4.78, 5) is 12.3. The maximum absolute atomic E-state index is 12.3. The van der Waals surface area contributed by atoms with Crippen LogP contribution in [0.15, 0.2) is 47.6 Å². The lowest BCUT2D eigenvalue weighted by Gasteiger charge is -2.09. The molecule has 0 fully saturated rings. The molecule has 0 aliphatic rings. The second-order valence-electron chi connectivity index (χ2n) is 4.68. The molecule has 0 spiro atoms. The molecule has 108 valence electrons. The lowest BCUT2D eigenvalue weighted by molar-refractivity contribution is 0.102. The molecule has 1 amide bonds. The van der Waals surface area contributed by atoms with Crippen LogP contribution in [0.5, 0.6) is 0 Å². The lowest BCUT2D eigenvalue weighted by Crippen LogP contribution is -2.13. The highest BCUT2D eigenvalue weighted by Gasteiger charge is 2.10. The summed E-state index contributed by atoms with van der Waals surface area (Å²) in [5, 5.41) is 15.3. The van der Waals surface area contributed by atoms with Crippen molar-refractivity contribution in [1.29, 1.82) is 0 Å². The minimum atomic E-state index is -0.231. The molecular weight excluding hydrogens is 288 g/mol. The fourth-order valence-electron chi connectivity index (χ4n) is 1.92. The number of nitrogens with zero attached hydrogens (tertiary/aromatic N) is 1. The van der Waals surface area contributed by atoms with Gasteiger partial charge in [0.05, 0.1) is 5.71 Å². The van der Waals surface area contributed by atoms with Gasteiger partial charge in [-0.25, -0.2) is 0 Å². The number of hydrogen-bond acceptors (Lipinski definition) is 3. The Hall–Kier alpha value is -2.33. The molecule has 0 bridgehead atoms. The fraction of sp³-hybridized carbons (Fsp3) is 0.125. The predicted octanol–water partition coefficient (Wildman–Crippen LogP) is 4.10. The van der Waals surface area contributed by atoms with Gasteiger partial charge in [-0.15, -0.1) is 0 Å². The summed E-state index contributed by atoms with van der Waals surface area (Å²) in [7, 11) is 0. The van der Waals surface area contributed by atoms with Gasteiger partial charge in [0.2, 0.25) is 0 Å². The minimum Gasteiger partial charge on any atom is -0.411 e. The van der Waals surface area contributed by atoms with Gasteiger partial charge in [0.1, 0.15) is 0 Å². The molecule has 2 aromatic rings. The number of carbonyl (C=O) groups is 1. The van der Waals surface area contributed by atoms with E-state index in [1.54, 1.807) is 49.4 Å². The average Bonchev–Trinajstić information content (AvgIpc) is 2.49. The van der Waals surface area contributed by atoms with Crippen LogP contribution in [0.2, 0.25) is 5.02 Å². The van der Waals surface area contributed by atoms with Crippen molar-refractivity contribution < 1.29 is 10.0 Å². The van der Waals surface area contributed by atoms with Gasteiger partial charge in [0, 0.05) is 21.8 Å². The third-order valence-electron chi connectivity index (χ3n) is 3.13. The molecule has 21 heavy (non-hydrogen) atoms. The third-order valence-corrected chi connectivity index (χ3v) is 3.37. The van der Waals surface area contributed by atoms with Gasteiger partial charge < -0.3 is 10.5 Å². The number of halogens is 1. The molecule has 0 radical (unpaired) electrons. The Balaban J connectivity index is 2.26. The van der Waals surface area contributed by atoms with Gasteiger partial charge in [0.15, 0.2) is 0 Å². The van der Waals surface area contributed by atoms with Gasteiger partial charge in [0.25, 0.3) is 5.91 Å². The van der Waals surface area contributed by atoms with Crippen LogP contribution in [0.25, 0.3) is 0 Å². The molecule has 0 aliphatic carbocycles. The zero-order valence-electron chi connectivity index (χ0n) is 11.7. The highest BCUT2D eigenvalue weighted by atomic mass is 35.5. The van der Waals surface area contributed by atoms with E-state index in [1.165, 1.54) is 0 Å². The van der Waals surface area contributed by atoms with Gasteiger partial charge >= 0.3 is 0 Å². The first kappa shape index (κ1) is 15.1. The molecule has 0 unspecified atom stereocenters. The van der Waals surface area contributed by atoms with Crippen molar-refractivity contribution in [3.63, 3.8) is 0 Å². The maximum atomic E-state index is 12.3. The van der Waals surface area contributed by atoms with Crippen LogP contribution in [0.3, 0.4) is 0 Å². The average molecular weight is 303 g/mol. The molecule has 2 rings (SSSR count). The quantitative estimate of drug-likeness (QED) is 0.509. The standard InChI is InChI=1S/C16H15ClN2O2/c1-10-6-7-13(17)9-15(10)16(20)18-14-5-3-4-12(8-14)11(2)19-21/h3-9,21H,1-2H3,(H,18,20)/b19-11-. The van der Waals surface area contributed by atoms with Crippen molar-refractivity contribution >= 4 is 28.9 Å². The van der Waals surface area contributed by atoms with Crippen molar-refractivity contribution in [3.05, 3.63) is 64.2 Å². The molecule has 0 aliphatic heterocycles. The Morgan fingerprint density at radius 1 is 1.24 bits per heavy atom. The molecule has 0 saturated carbocycles. The smallest absolute Gasteiger partial charge is 0.255 e. The highest BCUT2D eigenvalue weighted by Crippen LogP contribution is 2.18. The van der Waals surface area contributed by atoms with Gasteiger partial charge in [-0.05, 0) is 43.7 Å². The number of oxime groups is 1. The largest absolute Gasteiger partial charge is 0.411 e. The lowest BCUT2D eigenvalue weighted by atomic mass is 10.1. The molecule has 0 aromatic heterocycles. The van der Waals surface area contributed by atoms with E-state index in [9.17, 15) is 4.79 Å². The summed E-state index contributed by atoms with van der Waals surface area (Å²) in [5.41, 5.74) is 3.21. The molecule has 5 heteroatoms. The number of carbonyl (C=O) groups excluding carboxylic acids is 1. The van der Waals surface area contributed by atoms with E-state index in [-0.39, 0.29) is 5.91 Å². The van der Waals surface area contributed by atoms with Gasteiger partial charge in [-0.2, -0.15) is 0 Å². The van der Waals surface area contributed by atoms with Crippen LogP contribution >= 0.6 is 11.6 Å². The van der Waals surface area contributed by atoms with Crippen LogP contribution in [-0.4, -0.2) is 16.8 Å². The summed E-state index contributed by atoms with van der Waals surface area (Å²) < 4.78 is 0. The number of aryl methyl sites for hydroxylation is 1. The Kier molecular flexibility index (Phi) is 4.60. The first-order chi connectivity index (χ1) is 10.0. The van der Waals surface area contributed by atoms with E-state index in [0.717, 1.165) is 11.1 Å². The Labute approximate surface area is 128 Å². The van der Waals surface area contributed by atoms with E-state index in [4.69, 9.17) is 16.8 Å². The Bertz CT molecular complexity index is 711. The van der Waals surface area contributed by atoms with Crippen LogP contribution in [0.1, 0.15) is 28.4 Å². The van der Waals surface area contributed by atoms with E-state index in [0.29, 0.717) is 22.0 Å². The van der Waals surface area contributed by atoms with E-state index in [2.05, 4.69) is 10.5 Å². The molecule has 2 N–H and O–H groups in total. The molecule has 0 atom stereocenters. The Morgan fingerprint density at radius 2 is 2.00 bits per heavy atom. The van der Waals surface area contributed by atoms with E-state index < -0.39 is 0 Å². The first-order valence-electron chi connectivity index (χ1n) is 6.38. The van der Waals surface area contributed by atoms with Gasteiger partial charge in [-0.1, -0.05) is 35.0 Å². The zero-order chi connectivity index (χ0) is 15.4. The molecule has 4 nitrogen and oxygen atoms in total. The minimum absolute atomic E-state index is 0.231. The van der Waals surface area contributed by atoms with E-state index in [1.807, 2.05) is 6.92 Å². The van der Waals surface area contributed by atoms with Gasteiger partial charge in [-0.3, -0.25) is 4.79 Å². The molecule has 0 heterocycles. The van der Waals surface area contributed by atoms with Crippen LogP contribution in [0, 0.1) is 6.92 Å².